The second kappa shape index (κ2) is 9.53. The van der Waals surface area contributed by atoms with Gasteiger partial charge in [0.1, 0.15) is 0 Å². The van der Waals surface area contributed by atoms with Crippen molar-refractivity contribution in [2.24, 2.45) is 0 Å². The van der Waals surface area contributed by atoms with Gasteiger partial charge in [-0.3, -0.25) is 4.79 Å². The van der Waals surface area contributed by atoms with Crippen LogP contribution in [-0.2, 0) is 21.0 Å². The minimum Gasteiger partial charge on any atom is -0.325 e. The molecule has 3 rings (SSSR count). The first-order valence-corrected chi connectivity index (χ1v) is 11.3. The number of nitrogens with one attached hydrogen (secondary N) is 2. The van der Waals surface area contributed by atoms with Gasteiger partial charge in [-0.1, -0.05) is 11.8 Å². The fraction of sp³-hybridized carbons (Fsp3) is 0.158. The van der Waals surface area contributed by atoms with E-state index in [-0.39, 0.29) is 15.9 Å². The molecule has 0 aliphatic heterocycles. The number of hydrogen-bond acceptors (Lipinski definition) is 7. The average molecular weight is 483 g/mol. The number of alkyl halides is 3. The number of carbonyl (C=O) groups excluding carboxylic acids is 1. The highest BCUT2D eigenvalue weighted by molar-refractivity contribution is 8.00. The molecule has 0 fully saturated rings. The van der Waals surface area contributed by atoms with E-state index in [9.17, 15) is 26.4 Å². The molecule has 0 saturated carbocycles. The first kappa shape index (κ1) is 23.5. The number of halogens is 3. The van der Waals surface area contributed by atoms with Crippen LogP contribution in [0.25, 0.3) is 0 Å². The Balaban J connectivity index is 1.60. The van der Waals surface area contributed by atoms with Crippen molar-refractivity contribution in [1.29, 1.82) is 0 Å². The zero-order chi connectivity index (χ0) is 23.4. The smallest absolute Gasteiger partial charge is 0.325 e. The van der Waals surface area contributed by atoms with Crippen molar-refractivity contribution in [1.82, 2.24) is 15.0 Å². The molecule has 1 aromatic carbocycles. The van der Waals surface area contributed by atoms with Crippen molar-refractivity contribution in [2.75, 3.05) is 10.0 Å². The molecule has 0 saturated heterocycles. The highest BCUT2D eigenvalue weighted by Gasteiger charge is 2.30. The van der Waals surface area contributed by atoms with Crippen molar-refractivity contribution >= 4 is 39.3 Å². The highest BCUT2D eigenvalue weighted by atomic mass is 32.2. The van der Waals surface area contributed by atoms with Gasteiger partial charge in [0.2, 0.25) is 11.9 Å². The molecule has 0 unspecified atom stereocenters. The maximum Gasteiger partial charge on any atom is 0.417 e. The van der Waals surface area contributed by atoms with Crippen LogP contribution in [0.2, 0.25) is 0 Å². The van der Waals surface area contributed by atoms with Gasteiger partial charge in [-0.25, -0.2) is 28.1 Å². The SMILES string of the molecule is C[C@@H](Sc1ccc(C(F)(F)F)cn1)C(=O)Nc1ccc(S(=O)(=O)Nc2ncccn2)cc1. The Hall–Kier alpha value is -3.19. The van der Waals surface area contributed by atoms with E-state index in [1.807, 2.05) is 0 Å². The number of sulfonamides is 1. The molecule has 13 heteroatoms. The van der Waals surface area contributed by atoms with Crippen molar-refractivity contribution in [3.05, 3.63) is 66.6 Å². The number of aromatic nitrogens is 3. The third-order valence-electron chi connectivity index (χ3n) is 3.95. The van der Waals surface area contributed by atoms with Crippen LogP contribution in [0.1, 0.15) is 12.5 Å². The van der Waals surface area contributed by atoms with Crippen LogP contribution in [-0.4, -0.2) is 34.5 Å². The summed E-state index contributed by atoms with van der Waals surface area (Å²) in [5, 5.41) is 2.21. The Labute approximate surface area is 185 Å². The van der Waals surface area contributed by atoms with E-state index < -0.39 is 32.9 Å². The summed E-state index contributed by atoms with van der Waals surface area (Å²) in [6, 6.07) is 9.06. The largest absolute Gasteiger partial charge is 0.417 e. The molecule has 168 valence electrons. The van der Waals surface area contributed by atoms with Crippen LogP contribution in [0.4, 0.5) is 24.8 Å². The topological polar surface area (TPSA) is 114 Å². The number of thioether (sulfide) groups is 1. The normalized spacial score (nSPS) is 12.8. The fourth-order valence-electron chi connectivity index (χ4n) is 2.34. The monoisotopic (exact) mass is 483 g/mol. The molecule has 1 atom stereocenters. The molecule has 0 aliphatic carbocycles. The van der Waals surface area contributed by atoms with Crippen molar-refractivity contribution in [2.45, 2.75) is 28.3 Å². The molecule has 0 bridgehead atoms. The molecule has 2 aromatic heterocycles. The summed E-state index contributed by atoms with van der Waals surface area (Å²) in [6.45, 7) is 1.57. The number of rotatable bonds is 7. The Morgan fingerprint density at radius 1 is 1.03 bits per heavy atom. The van der Waals surface area contributed by atoms with Gasteiger partial charge in [0.05, 0.1) is 20.7 Å². The molecule has 2 heterocycles. The molecular formula is C19H16F3N5O3S2. The number of nitrogens with zero attached hydrogens (tertiary/aromatic N) is 3. The lowest BCUT2D eigenvalue weighted by Crippen LogP contribution is -2.22. The first-order chi connectivity index (χ1) is 15.0. The standard InChI is InChI=1S/C19H16F3N5O3S2/c1-12(31-16-8-3-13(11-25-16)19(20,21)22)17(28)26-14-4-6-15(7-5-14)32(29,30)27-18-23-9-2-10-24-18/h2-12H,1H3,(H,26,28)(H,23,24,27)/t12-/m1/s1. The summed E-state index contributed by atoms with van der Waals surface area (Å²) >= 11 is 0.989. The zero-order valence-electron chi connectivity index (χ0n) is 16.4. The van der Waals surface area contributed by atoms with E-state index >= 15 is 0 Å². The van der Waals surface area contributed by atoms with Gasteiger partial charge < -0.3 is 5.32 Å². The molecule has 32 heavy (non-hydrogen) atoms. The molecule has 3 aromatic rings. The maximum absolute atomic E-state index is 12.6. The first-order valence-electron chi connectivity index (χ1n) is 8.95. The van der Waals surface area contributed by atoms with Crippen molar-refractivity contribution in [3.8, 4) is 0 Å². The fourth-order valence-corrected chi connectivity index (χ4v) is 4.09. The minimum absolute atomic E-state index is 0.0562. The van der Waals surface area contributed by atoms with Crippen LogP contribution < -0.4 is 10.0 Å². The molecule has 0 aliphatic rings. The Morgan fingerprint density at radius 3 is 2.25 bits per heavy atom. The van der Waals surface area contributed by atoms with Gasteiger partial charge in [0, 0.05) is 24.3 Å². The zero-order valence-corrected chi connectivity index (χ0v) is 18.0. The van der Waals surface area contributed by atoms with E-state index in [0.29, 0.717) is 11.9 Å². The molecular weight excluding hydrogens is 467 g/mol. The molecule has 0 radical (unpaired) electrons. The summed E-state index contributed by atoms with van der Waals surface area (Å²) in [4.78, 5) is 23.6. The lowest BCUT2D eigenvalue weighted by Gasteiger charge is -2.13. The van der Waals surface area contributed by atoms with Gasteiger partial charge in [-0.2, -0.15) is 13.2 Å². The average Bonchev–Trinajstić information content (AvgIpc) is 2.74. The van der Waals surface area contributed by atoms with Crippen LogP contribution >= 0.6 is 11.8 Å². The van der Waals surface area contributed by atoms with Crippen LogP contribution in [0.15, 0.2) is 71.0 Å². The van der Waals surface area contributed by atoms with Crippen LogP contribution in [0, 0.1) is 0 Å². The number of anilines is 2. The summed E-state index contributed by atoms with van der Waals surface area (Å²) in [6.07, 6.45) is -0.991. The van der Waals surface area contributed by atoms with E-state index in [2.05, 4.69) is 25.0 Å². The van der Waals surface area contributed by atoms with E-state index in [1.165, 1.54) is 42.7 Å². The van der Waals surface area contributed by atoms with Gasteiger partial charge >= 0.3 is 6.18 Å². The van der Waals surface area contributed by atoms with E-state index in [1.54, 1.807) is 13.0 Å². The Morgan fingerprint density at radius 2 is 1.69 bits per heavy atom. The third kappa shape index (κ3) is 6.17. The van der Waals surface area contributed by atoms with E-state index in [0.717, 1.165) is 17.8 Å². The molecule has 8 nitrogen and oxygen atoms in total. The lowest BCUT2D eigenvalue weighted by molar-refractivity contribution is -0.137. The van der Waals surface area contributed by atoms with Crippen LogP contribution in [0.5, 0.6) is 0 Å². The van der Waals surface area contributed by atoms with Gasteiger partial charge in [0.15, 0.2) is 0 Å². The van der Waals surface area contributed by atoms with Gasteiger partial charge in [-0.15, -0.1) is 0 Å². The summed E-state index contributed by atoms with van der Waals surface area (Å²) < 4.78 is 64.8. The van der Waals surface area contributed by atoms with Crippen molar-refractivity contribution < 1.29 is 26.4 Å². The molecule has 1 amide bonds. The second-order valence-corrected chi connectivity index (χ2v) is 9.38. The predicted molar refractivity (Wildman–Crippen MR) is 112 cm³/mol. The summed E-state index contributed by atoms with van der Waals surface area (Å²) in [5.41, 5.74) is -0.528. The maximum atomic E-state index is 12.6. The second-order valence-electron chi connectivity index (χ2n) is 6.33. The highest BCUT2D eigenvalue weighted by Crippen LogP contribution is 2.30. The third-order valence-corrected chi connectivity index (χ3v) is 6.35. The quantitative estimate of drug-likeness (QED) is 0.491. The van der Waals surface area contributed by atoms with Gasteiger partial charge in [-0.05, 0) is 49.4 Å². The number of hydrogen-bond donors (Lipinski definition) is 2. The number of benzene rings is 1. The Kier molecular flexibility index (Phi) is 6.99. The van der Waals surface area contributed by atoms with E-state index in [4.69, 9.17) is 0 Å². The summed E-state index contributed by atoms with van der Waals surface area (Å²) in [7, 11) is -3.91. The molecule has 0 spiro atoms. The van der Waals surface area contributed by atoms with Crippen LogP contribution in [0.3, 0.4) is 0 Å². The number of amides is 1. The van der Waals surface area contributed by atoms with Gasteiger partial charge in [0.25, 0.3) is 10.0 Å². The van der Waals surface area contributed by atoms with Crippen molar-refractivity contribution in [3.63, 3.8) is 0 Å². The lowest BCUT2D eigenvalue weighted by atomic mass is 10.3. The number of carbonyl (C=O) groups is 1. The predicted octanol–water partition coefficient (Wildman–Crippen LogP) is 3.81. The molecule has 2 N–H and O–H groups in total. The minimum atomic E-state index is -4.48. The Bertz CT molecular complexity index is 1170. The summed E-state index contributed by atoms with van der Waals surface area (Å²) in [5.74, 6) is -0.504. The number of pyridine rings is 1.